The highest BCUT2D eigenvalue weighted by atomic mass is 32.2. The third kappa shape index (κ3) is 3.30. The normalized spacial score (nSPS) is 10.5. The maximum atomic E-state index is 12.0. The molecular weight excluding hydrogens is 274 g/mol. The first-order valence-corrected chi connectivity index (χ1v) is 7.26. The molecule has 7 heteroatoms. The molecule has 2 rings (SSSR count). The van der Waals surface area contributed by atoms with E-state index in [2.05, 4.69) is 22.4 Å². The lowest BCUT2D eigenvalue weighted by Crippen LogP contribution is -2.17. The number of thioether (sulfide) groups is 1. The number of nitrogens with one attached hydrogen (secondary N) is 1. The van der Waals surface area contributed by atoms with Crippen LogP contribution < -0.4 is 11.2 Å². The first-order chi connectivity index (χ1) is 9.61. The van der Waals surface area contributed by atoms with Gasteiger partial charge in [0.25, 0.3) is 0 Å². The fraction of sp³-hybridized carbons (Fsp3) is 0.308. The van der Waals surface area contributed by atoms with Crippen molar-refractivity contribution in [3.63, 3.8) is 0 Å². The van der Waals surface area contributed by atoms with Crippen molar-refractivity contribution in [3.05, 3.63) is 35.7 Å². The molecule has 0 aliphatic rings. The number of benzene rings is 1. The van der Waals surface area contributed by atoms with Crippen LogP contribution in [-0.4, -0.2) is 26.5 Å². The van der Waals surface area contributed by atoms with E-state index in [1.807, 2.05) is 25.1 Å². The predicted octanol–water partition coefficient (Wildman–Crippen LogP) is 1.59. The Morgan fingerprint density at radius 2 is 2.30 bits per heavy atom. The monoisotopic (exact) mass is 291 g/mol. The molecular formula is C13H17N5OS. The zero-order valence-electron chi connectivity index (χ0n) is 11.5. The largest absolute Gasteiger partial charge is 0.336 e. The van der Waals surface area contributed by atoms with Gasteiger partial charge in [-0.15, -0.1) is 10.2 Å². The second kappa shape index (κ2) is 6.42. The van der Waals surface area contributed by atoms with E-state index in [0.717, 1.165) is 23.2 Å². The fourth-order valence-corrected chi connectivity index (χ4v) is 2.48. The van der Waals surface area contributed by atoms with Crippen LogP contribution in [0, 0.1) is 6.92 Å². The lowest BCUT2D eigenvalue weighted by atomic mass is 10.1. The second-order valence-electron chi connectivity index (χ2n) is 4.32. The van der Waals surface area contributed by atoms with E-state index in [1.165, 1.54) is 22.8 Å². The number of nitrogens with zero attached hydrogens (tertiary/aromatic N) is 3. The highest BCUT2D eigenvalue weighted by Gasteiger charge is 2.10. The first-order valence-electron chi connectivity index (χ1n) is 6.28. The van der Waals surface area contributed by atoms with Crippen LogP contribution in [-0.2, 0) is 11.2 Å². The third-order valence-corrected chi connectivity index (χ3v) is 3.83. The van der Waals surface area contributed by atoms with E-state index in [-0.39, 0.29) is 11.7 Å². The molecule has 1 aromatic carbocycles. The maximum absolute atomic E-state index is 12.0. The molecule has 1 heterocycles. The molecule has 1 amide bonds. The van der Waals surface area contributed by atoms with Crippen molar-refractivity contribution in [2.75, 3.05) is 16.9 Å². The van der Waals surface area contributed by atoms with E-state index in [1.54, 1.807) is 0 Å². The average Bonchev–Trinajstić information content (AvgIpc) is 2.84. The molecule has 0 saturated carbocycles. The Morgan fingerprint density at radius 1 is 1.50 bits per heavy atom. The molecule has 0 unspecified atom stereocenters. The number of nitrogen functional groups attached to an aromatic ring is 1. The number of carbonyl (C=O) groups is 1. The summed E-state index contributed by atoms with van der Waals surface area (Å²) in [5.41, 5.74) is 3.09. The van der Waals surface area contributed by atoms with Gasteiger partial charge >= 0.3 is 0 Å². The summed E-state index contributed by atoms with van der Waals surface area (Å²) in [7, 11) is 0. The zero-order chi connectivity index (χ0) is 14.5. The Labute approximate surface area is 121 Å². The van der Waals surface area contributed by atoms with Crippen molar-refractivity contribution in [3.8, 4) is 0 Å². The topological polar surface area (TPSA) is 85.8 Å². The van der Waals surface area contributed by atoms with Gasteiger partial charge in [0.15, 0.2) is 0 Å². The van der Waals surface area contributed by atoms with Crippen LogP contribution in [0.3, 0.4) is 0 Å². The Balaban J connectivity index is 2.00. The number of nitrogens with two attached hydrogens (primary N) is 1. The number of para-hydroxylation sites is 1. The highest BCUT2D eigenvalue weighted by molar-refractivity contribution is 7.99. The van der Waals surface area contributed by atoms with Crippen LogP contribution in [0.15, 0.2) is 29.7 Å². The molecule has 20 heavy (non-hydrogen) atoms. The van der Waals surface area contributed by atoms with Crippen molar-refractivity contribution in [1.29, 1.82) is 0 Å². The van der Waals surface area contributed by atoms with Gasteiger partial charge in [0, 0.05) is 5.69 Å². The van der Waals surface area contributed by atoms with Gasteiger partial charge in [-0.3, -0.25) is 4.79 Å². The third-order valence-electron chi connectivity index (χ3n) is 2.88. The first kappa shape index (κ1) is 14.4. The number of anilines is 1. The summed E-state index contributed by atoms with van der Waals surface area (Å²) < 4.78 is 1.29. The molecule has 0 atom stereocenters. The van der Waals surface area contributed by atoms with Crippen molar-refractivity contribution in [2.24, 2.45) is 0 Å². The smallest absolute Gasteiger partial charge is 0.234 e. The summed E-state index contributed by atoms with van der Waals surface area (Å²) in [6.45, 7) is 4.05. The summed E-state index contributed by atoms with van der Waals surface area (Å²) in [5, 5.41) is 10.9. The number of rotatable bonds is 5. The van der Waals surface area contributed by atoms with Gasteiger partial charge in [-0.05, 0) is 24.5 Å². The number of amides is 1. The molecule has 0 bridgehead atoms. The number of aryl methyl sites for hydroxylation is 2. The van der Waals surface area contributed by atoms with Gasteiger partial charge in [0.1, 0.15) is 6.33 Å². The predicted molar refractivity (Wildman–Crippen MR) is 80.1 cm³/mol. The molecule has 3 N–H and O–H groups in total. The van der Waals surface area contributed by atoms with E-state index in [4.69, 9.17) is 5.84 Å². The lowest BCUT2D eigenvalue weighted by molar-refractivity contribution is -0.113. The molecule has 2 aromatic rings. The molecule has 6 nitrogen and oxygen atoms in total. The molecule has 0 spiro atoms. The van der Waals surface area contributed by atoms with Gasteiger partial charge in [-0.1, -0.05) is 36.9 Å². The van der Waals surface area contributed by atoms with Gasteiger partial charge in [0.2, 0.25) is 11.1 Å². The van der Waals surface area contributed by atoms with Crippen LogP contribution >= 0.6 is 11.8 Å². The number of hydrogen-bond donors (Lipinski definition) is 2. The van der Waals surface area contributed by atoms with E-state index in [0.29, 0.717) is 5.16 Å². The summed E-state index contributed by atoms with van der Waals surface area (Å²) in [5.74, 6) is 5.75. The SMILES string of the molecule is CCc1cccc(C)c1NC(=O)CSc1nncn1N. The molecule has 0 saturated heterocycles. The average molecular weight is 291 g/mol. The molecule has 106 valence electrons. The second-order valence-corrected chi connectivity index (χ2v) is 5.26. The van der Waals surface area contributed by atoms with Crippen molar-refractivity contribution in [1.82, 2.24) is 14.9 Å². The van der Waals surface area contributed by atoms with Crippen LogP contribution in [0.5, 0.6) is 0 Å². The molecule has 0 fully saturated rings. The van der Waals surface area contributed by atoms with Crippen molar-refractivity contribution in [2.45, 2.75) is 25.4 Å². The standard InChI is InChI=1S/C13H17N5OS/c1-3-10-6-4-5-9(2)12(10)16-11(19)7-20-13-17-15-8-18(13)14/h4-6,8H,3,7,14H2,1-2H3,(H,16,19). The van der Waals surface area contributed by atoms with Crippen molar-refractivity contribution >= 4 is 23.4 Å². The van der Waals surface area contributed by atoms with Gasteiger partial charge in [-0.25, -0.2) is 4.68 Å². The Morgan fingerprint density at radius 3 is 2.95 bits per heavy atom. The highest BCUT2D eigenvalue weighted by Crippen LogP contribution is 2.22. The fourth-order valence-electron chi connectivity index (χ4n) is 1.84. The molecule has 0 aliphatic heterocycles. The quantitative estimate of drug-likeness (QED) is 0.645. The maximum Gasteiger partial charge on any atom is 0.234 e. The summed E-state index contributed by atoms with van der Waals surface area (Å²) in [6, 6.07) is 6.00. The number of hydrogen-bond acceptors (Lipinski definition) is 5. The Bertz CT molecular complexity index is 611. The van der Waals surface area contributed by atoms with E-state index in [9.17, 15) is 4.79 Å². The van der Waals surface area contributed by atoms with E-state index < -0.39 is 0 Å². The van der Waals surface area contributed by atoms with Crippen LogP contribution in [0.1, 0.15) is 18.1 Å². The van der Waals surface area contributed by atoms with E-state index >= 15 is 0 Å². The van der Waals surface area contributed by atoms with Crippen LogP contribution in [0.2, 0.25) is 0 Å². The van der Waals surface area contributed by atoms with Crippen LogP contribution in [0.25, 0.3) is 0 Å². The minimum atomic E-state index is -0.0815. The summed E-state index contributed by atoms with van der Waals surface area (Å²) in [4.78, 5) is 12.0. The van der Waals surface area contributed by atoms with Crippen LogP contribution in [0.4, 0.5) is 5.69 Å². The molecule has 1 aromatic heterocycles. The number of aromatic nitrogens is 3. The van der Waals surface area contributed by atoms with Gasteiger partial charge < -0.3 is 11.2 Å². The summed E-state index contributed by atoms with van der Waals surface area (Å²) in [6.07, 6.45) is 2.28. The molecule has 0 radical (unpaired) electrons. The Kier molecular flexibility index (Phi) is 4.62. The lowest BCUT2D eigenvalue weighted by Gasteiger charge is -2.12. The zero-order valence-corrected chi connectivity index (χ0v) is 12.3. The molecule has 0 aliphatic carbocycles. The minimum absolute atomic E-state index is 0.0815. The van der Waals surface area contributed by atoms with Gasteiger partial charge in [-0.2, -0.15) is 0 Å². The van der Waals surface area contributed by atoms with Gasteiger partial charge in [0.05, 0.1) is 5.75 Å². The number of carbonyl (C=O) groups excluding carboxylic acids is 1. The minimum Gasteiger partial charge on any atom is -0.336 e. The van der Waals surface area contributed by atoms with Crippen molar-refractivity contribution < 1.29 is 4.79 Å². The summed E-state index contributed by atoms with van der Waals surface area (Å²) >= 11 is 1.25. The Hall–Kier alpha value is -2.02.